The number of rotatable bonds is 5. The highest BCUT2D eigenvalue weighted by Crippen LogP contribution is 2.31. The zero-order valence-corrected chi connectivity index (χ0v) is 14.2. The van der Waals surface area contributed by atoms with E-state index < -0.39 is 24.0 Å². The number of esters is 1. The van der Waals surface area contributed by atoms with Crippen LogP contribution in [0.2, 0.25) is 0 Å². The molecule has 3 rings (SSSR count). The maximum Gasteiger partial charge on any atom is 0.326 e. The van der Waals surface area contributed by atoms with Gasteiger partial charge in [-0.15, -0.1) is 0 Å². The predicted molar refractivity (Wildman–Crippen MR) is 90.2 cm³/mol. The second kappa shape index (κ2) is 7.44. The highest BCUT2D eigenvalue weighted by Gasteiger charge is 2.35. The van der Waals surface area contributed by atoms with Crippen molar-refractivity contribution < 1.29 is 23.9 Å². The smallest absolute Gasteiger partial charge is 0.326 e. The van der Waals surface area contributed by atoms with E-state index in [4.69, 9.17) is 9.47 Å². The molecule has 1 aromatic carbocycles. The first-order valence-electron chi connectivity index (χ1n) is 8.43. The molecule has 1 N–H and O–H groups in total. The van der Waals surface area contributed by atoms with Gasteiger partial charge in [-0.3, -0.25) is 19.3 Å². The van der Waals surface area contributed by atoms with Crippen LogP contribution in [0.1, 0.15) is 25.7 Å². The highest BCUT2D eigenvalue weighted by atomic mass is 16.5. The zero-order chi connectivity index (χ0) is 18.6. The largest absolute Gasteiger partial charge is 0.482 e. The number of hydrogen-bond donors (Lipinski definition) is 1. The Labute approximate surface area is 150 Å². The number of carbonyl (C=O) groups is 3. The zero-order valence-electron chi connectivity index (χ0n) is 14.2. The minimum atomic E-state index is -0.859. The third-order valence-corrected chi connectivity index (χ3v) is 4.51. The summed E-state index contributed by atoms with van der Waals surface area (Å²) >= 11 is 0. The maximum atomic E-state index is 12.1. The molecule has 0 bridgehead atoms. The molecule has 0 unspecified atom stereocenters. The predicted octanol–water partition coefficient (Wildman–Crippen LogP) is 0.908. The van der Waals surface area contributed by atoms with E-state index in [2.05, 4.69) is 11.4 Å². The van der Waals surface area contributed by atoms with Crippen molar-refractivity contribution in [3.05, 3.63) is 24.3 Å². The third-order valence-electron chi connectivity index (χ3n) is 4.51. The Bertz CT molecular complexity index is 764. The maximum absolute atomic E-state index is 12.1. The van der Waals surface area contributed by atoms with Gasteiger partial charge in [0, 0.05) is 0 Å². The molecule has 0 saturated heterocycles. The van der Waals surface area contributed by atoms with Crippen LogP contribution in [-0.2, 0) is 19.1 Å². The number of carbonyl (C=O) groups excluding carboxylic acids is 3. The van der Waals surface area contributed by atoms with Gasteiger partial charge in [-0.25, -0.2) is 0 Å². The molecule has 1 saturated carbocycles. The molecule has 8 nitrogen and oxygen atoms in total. The number of hydrogen-bond acceptors (Lipinski definition) is 6. The topological polar surface area (TPSA) is 109 Å². The van der Waals surface area contributed by atoms with Crippen LogP contribution in [0.25, 0.3) is 0 Å². The Morgan fingerprint density at radius 1 is 1.31 bits per heavy atom. The Balaban J connectivity index is 1.54. The lowest BCUT2D eigenvalue weighted by atomic mass is 10.00. The SMILES string of the molecule is N#CC1(NC(=O)COC(=O)CN2C(=O)COc3ccccc32)CCCC1. The summed E-state index contributed by atoms with van der Waals surface area (Å²) < 4.78 is 10.3. The number of nitriles is 1. The van der Waals surface area contributed by atoms with Crippen molar-refractivity contribution in [3.63, 3.8) is 0 Å². The van der Waals surface area contributed by atoms with Crippen LogP contribution in [0.15, 0.2) is 24.3 Å². The lowest BCUT2D eigenvalue weighted by Crippen LogP contribution is -2.47. The third kappa shape index (κ3) is 3.77. The number of amides is 2. The molecule has 0 aromatic heterocycles. The van der Waals surface area contributed by atoms with Gasteiger partial charge in [0.25, 0.3) is 11.8 Å². The molecule has 1 fully saturated rings. The summed E-state index contributed by atoms with van der Waals surface area (Å²) in [6.07, 6.45) is 2.96. The number of ether oxygens (including phenoxy) is 2. The molecule has 0 radical (unpaired) electrons. The van der Waals surface area contributed by atoms with Gasteiger partial charge < -0.3 is 14.8 Å². The van der Waals surface area contributed by atoms with Gasteiger partial charge in [0.1, 0.15) is 17.8 Å². The molecule has 0 spiro atoms. The fraction of sp³-hybridized carbons (Fsp3) is 0.444. The van der Waals surface area contributed by atoms with E-state index in [1.54, 1.807) is 24.3 Å². The normalized spacial score (nSPS) is 17.7. The molecule has 2 aliphatic rings. The summed E-state index contributed by atoms with van der Waals surface area (Å²) in [5, 5.41) is 11.9. The van der Waals surface area contributed by atoms with E-state index >= 15 is 0 Å². The monoisotopic (exact) mass is 357 g/mol. The van der Waals surface area contributed by atoms with Crippen LogP contribution in [0.4, 0.5) is 5.69 Å². The summed E-state index contributed by atoms with van der Waals surface area (Å²) in [5.41, 5.74) is -0.373. The first-order chi connectivity index (χ1) is 12.5. The first kappa shape index (κ1) is 17.7. The number of benzene rings is 1. The summed E-state index contributed by atoms with van der Waals surface area (Å²) in [5.74, 6) is -1.08. The molecule has 1 aliphatic carbocycles. The molecular weight excluding hydrogens is 338 g/mol. The molecule has 1 heterocycles. The fourth-order valence-corrected chi connectivity index (χ4v) is 3.19. The van der Waals surface area contributed by atoms with Crippen molar-refractivity contribution in [1.82, 2.24) is 5.32 Å². The minimum absolute atomic E-state index is 0.157. The van der Waals surface area contributed by atoms with Crippen LogP contribution in [0.5, 0.6) is 5.75 Å². The van der Waals surface area contributed by atoms with Crippen LogP contribution < -0.4 is 15.0 Å². The van der Waals surface area contributed by atoms with E-state index in [-0.39, 0.29) is 19.1 Å². The van der Waals surface area contributed by atoms with Crippen molar-refractivity contribution in [2.45, 2.75) is 31.2 Å². The van der Waals surface area contributed by atoms with Gasteiger partial charge in [-0.05, 0) is 37.8 Å². The van der Waals surface area contributed by atoms with E-state index in [9.17, 15) is 19.6 Å². The molecule has 1 aromatic rings. The van der Waals surface area contributed by atoms with E-state index in [0.717, 1.165) is 12.8 Å². The lowest BCUT2D eigenvalue weighted by Gasteiger charge is -2.28. The van der Waals surface area contributed by atoms with Gasteiger partial charge in [-0.1, -0.05) is 12.1 Å². The molecular formula is C18H19N3O5. The van der Waals surface area contributed by atoms with Crippen LogP contribution in [-0.4, -0.2) is 43.1 Å². The Hall–Kier alpha value is -3.08. The molecule has 1 aliphatic heterocycles. The number of anilines is 1. The van der Waals surface area contributed by atoms with Crippen molar-refractivity contribution in [1.29, 1.82) is 5.26 Å². The van der Waals surface area contributed by atoms with Crippen molar-refractivity contribution in [3.8, 4) is 11.8 Å². The molecule has 26 heavy (non-hydrogen) atoms. The Morgan fingerprint density at radius 2 is 2.04 bits per heavy atom. The summed E-state index contributed by atoms with van der Waals surface area (Å²) in [4.78, 5) is 37.3. The van der Waals surface area contributed by atoms with Crippen LogP contribution >= 0.6 is 0 Å². The van der Waals surface area contributed by atoms with Gasteiger partial charge in [0.15, 0.2) is 13.2 Å². The van der Waals surface area contributed by atoms with Gasteiger partial charge in [-0.2, -0.15) is 5.26 Å². The van der Waals surface area contributed by atoms with Crippen molar-refractivity contribution >= 4 is 23.5 Å². The first-order valence-corrected chi connectivity index (χ1v) is 8.43. The molecule has 2 amide bonds. The number of fused-ring (bicyclic) bond motifs is 1. The van der Waals surface area contributed by atoms with Gasteiger partial charge >= 0.3 is 5.97 Å². The van der Waals surface area contributed by atoms with Crippen molar-refractivity contribution in [2.75, 3.05) is 24.7 Å². The highest BCUT2D eigenvalue weighted by molar-refractivity contribution is 6.01. The van der Waals surface area contributed by atoms with E-state index in [1.807, 2.05) is 0 Å². The van der Waals surface area contributed by atoms with Gasteiger partial charge in [0.05, 0.1) is 11.8 Å². The Morgan fingerprint density at radius 3 is 2.77 bits per heavy atom. The Kier molecular flexibility index (Phi) is 5.07. The quantitative estimate of drug-likeness (QED) is 0.785. The minimum Gasteiger partial charge on any atom is -0.482 e. The second-order valence-electron chi connectivity index (χ2n) is 6.35. The van der Waals surface area contributed by atoms with Crippen molar-refractivity contribution in [2.24, 2.45) is 0 Å². The number of para-hydroxylation sites is 2. The number of nitrogens with one attached hydrogen (secondary N) is 1. The fourth-order valence-electron chi connectivity index (χ4n) is 3.19. The molecule has 8 heteroatoms. The van der Waals surface area contributed by atoms with Crippen LogP contribution in [0, 0.1) is 11.3 Å². The average Bonchev–Trinajstić information content (AvgIpc) is 3.11. The van der Waals surface area contributed by atoms with Gasteiger partial charge in [0.2, 0.25) is 0 Å². The second-order valence-corrected chi connectivity index (χ2v) is 6.35. The summed E-state index contributed by atoms with van der Waals surface area (Å²) in [6.45, 7) is -0.951. The lowest BCUT2D eigenvalue weighted by molar-refractivity contribution is -0.148. The molecule has 0 atom stereocenters. The summed E-state index contributed by atoms with van der Waals surface area (Å²) in [6, 6.07) is 9.01. The van der Waals surface area contributed by atoms with E-state index in [1.165, 1.54) is 4.90 Å². The molecule has 136 valence electrons. The van der Waals surface area contributed by atoms with Crippen LogP contribution in [0.3, 0.4) is 0 Å². The van der Waals surface area contributed by atoms with E-state index in [0.29, 0.717) is 24.3 Å². The average molecular weight is 357 g/mol. The standard InChI is InChI=1S/C18H19N3O5/c19-12-18(7-3-4-8-18)20-15(22)10-26-17(24)9-21-13-5-1-2-6-14(13)25-11-16(21)23/h1-2,5-6H,3-4,7-11H2,(H,20,22). The summed E-state index contributed by atoms with van der Waals surface area (Å²) in [7, 11) is 0. The number of nitrogens with zero attached hydrogens (tertiary/aromatic N) is 2.